The molecule has 0 unspecified atom stereocenters. The van der Waals surface area contributed by atoms with Crippen molar-refractivity contribution >= 4 is 18.3 Å². The third-order valence-electron chi connectivity index (χ3n) is 4.50. The Labute approximate surface area is 159 Å². The summed E-state index contributed by atoms with van der Waals surface area (Å²) in [4.78, 5) is 12.4. The van der Waals surface area contributed by atoms with Gasteiger partial charge in [0.15, 0.2) is 5.69 Å². The molecule has 27 heavy (non-hydrogen) atoms. The lowest BCUT2D eigenvalue weighted by molar-refractivity contribution is -0.143. The Hall–Kier alpha value is -2.13. The minimum atomic E-state index is -4.58. The van der Waals surface area contributed by atoms with E-state index in [1.165, 1.54) is 12.1 Å². The summed E-state index contributed by atoms with van der Waals surface area (Å²) < 4.78 is 52.4. The first-order valence-electron chi connectivity index (χ1n) is 8.14. The number of carbonyl (C=O) groups excluding carboxylic acids is 1. The van der Waals surface area contributed by atoms with E-state index in [1.807, 2.05) is 0 Å². The van der Waals surface area contributed by atoms with Crippen molar-refractivity contribution in [3.05, 3.63) is 53.1 Å². The highest BCUT2D eigenvalue weighted by atomic mass is 35.5. The number of hydrogen-bond donors (Lipinski definition) is 2. The zero-order chi connectivity index (χ0) is 18.9. The van der Waals surface area contributed by atoms with Gasteiger partial charge in [-0.15, -0.1) is 12.4 Å². The van der Waals surface area contributed by atoms with Crippen LogP contribution in [-0.2, 0) is 13.2 Å². The van der Waals surface area contributed by atoms with Crippen LogP contribution in [0.2, 0.25) is 0 Å². The van der Waals surface area contributed by atoms with Gasteiger partial charge < -0.3 is 10.6 Å². The fraction of sp³-hybridized carbons (Fsp3) is 0.412. The van der Waals surface area contributed by atoms with Crippen molar-refractivity contribution in [3.8, 4) is 0 Å². The van der Waals surface area contributed by atoms with Crippen molar-refractivity contribution < 1.29 is 22.4 Å². The van der Waals surface area contributed by atoms with Crippen molar-refractivity contribution in [1.29, 1.82) is 0 Å². The number of nitrogens with one attached hydrogen (secondary N) is 2. The summed E-state index contributed by atoms with van der Waals surface area (Å²) in [7, 11) is 1.14. The van der Waals surface area contributed by atoms with E-state index in [-0.39, 0.29) is 35.9 Å². The van der Waals surface area contributed by atoms with Crippen molar-refractivity contribution in [2.45, 2.75) is 24.6 Å². The predicted octanol–water partition coefficient (Wildman–Crippen LogP) is 2.88. The van der Waals surface area contributed by atoms with E-state index in [1.54, 1.807) is 12.1 Å². The molecule has 1 aliphatic heterocycles. The maximum absolute atomic E-state index is 13.1. The normalized spacial score (nSPS) is 20.0. The van der Waals surface area contributed by atoms with E-state index in [0.717, 1.165) is 18.7 Å². The van der Waals surface area contributed by atoms with Gasteiger partial charge in [-0.05, 0) is 30.7 Å². The molecule has 0 saturated carbocycles. The maximum atomic E-state index is 13.1. The van der Waals surface area contributed by atoms with E-state index in [0.29, 0.717) is 24.2 Å². The summed E-state index contributed by atoms with van der Waals surface area (Å²) in [5.41, 5.74) is -0.417. The van der Waals surface area contributed by atoms with Crippen molar-refractivity contribution in [1.82, 2.24) is 20.4 Å². The van der Waals surface area contributed by atoms with Gasteiger partial charge in [0.2, 0.25) is 0 Å². The van der Waals surface area contributed by atoms with Crippen LogP contribution in [0.4, 0.5) is 17.6 Å². The number of nitrogens with zero attached hydrogens (tertiary/aromatic N) is 2. The van der Waals surface area contributed by atoms with Crippen LogP contribution in [0.3, 0.4) is 0 Å². The van der Waals surface area contributed by atoms with Crippen LogP contribution in [0.15, 0.2) is 30.3 Å². The summed E-state index contributed by atoms with van der Waals surface area (Å²) in [6.45, 7) is 1.24. The molecule has 1 aromatic carbocycles. The van der Waals surface area contributed by atoms with Gasteiger partial charge in [0.25, 0.3) is 5.91 Å². The van der Waals surface area contributed by atoms with Gasteiger partial charge in [-0.3, -0.25) is 9.48 Å². The average Bonchev–Trinajstić information content (AvgIpc) is 2.99. The lowest BCUT2D eigenvalue weighted by atomic mass is 9.87. The summed E-state index contributed by atoms with van der Waals surface area (Å²) >= 11 is 0. The molecule has 1 aromatic heterocycles. The van der Waals surface area contributed by atoms with Gasteiger partial charge in [0.05, 0.1) is 0 Å². The Bertz CT molecular complexity index is 791. The minimum absolute atomic E-state index is 0. The first-order valence-corrected chi connectivity index (χ1v) is 8.14. The van der Waals surface area contributed by atoms with Crippen LogP contribution in [0.5, 0.6) is 0 Å². The van der Waals surface area contributed by atoms with Crippen molar-refractivity contribution in [3.63, 3.8) is 0 Å². The lowest BCUT2D eigenvalue weighted by Crippen LogP contribution is -2.48. The van der Waals surface area contributed by atoms with Crippen LogP contribution in [0, 0.1) is 5.82 Å². The van der Waals surface area contributed by atoms with Crippen LogP contribution in [-0.4, -0.2) is 34.8 Å². The van der Waals surface area contributed by atoms with Gasteiger partial charge in [-0.25, -0.2) is 4.39 Å². The lowest BCUT2D eigenvalue weighted by Gasteiger charge is -2.33. The van der Waals surface area contributed by atoms with Gasteiger partial charge in [-0.1, -0.05) is 12.1 Å². The molecule has 1 fully saturated rings. The highest BCUT2D eigenvalue weighted by Gasteiger charge is 2.36. The first kappa shape index (κ1) is 21.2. The fourth-order valence-electron chi connectivity index (χ4n) is 3.18. The molecule has 2 atom stereocenters. The molecular weight excluding hydrogens is 388 g/mol. The van der Waals surface area contributed by atoms with E-state index >= 15 is 0 Å². The third-order valence-corrected chi connectivity index (χ3v) is 4.50. The number of rotatable bonds is 3. The SMILES string of the molecule is Cl.Cn1nc(C(=O)N[C@@H]2CCNC[C@@H]2c2ccc(F)cc2)cc1C(F)(F)F. The second-order valence-electron chi connectivity index (χ2n) is 6.27. The molecule has 2 N–H and O–H groups in total. The number of hydrogen-bond acceptors (Lipinski definition) is 3. The largest absolute Gasteiger partial charge is 0.433 e. The molecule has 2 heterocycles. The second kappa shape index (κ2) is 8.26. The molecule has 0 spiro atoms. The Kier molecular flexibility index (Phi) is 6.48. The van der Waals surface area contributed by atoms with Crippen LogP contribution in [0.25, 0.3) is 0 Å². The number of aryl methyl sites for hydroxylation is 1. The zero-order valence-electron chi connectivity index (χ0n) is 14.4. The van der Waals surface area contributed by atoms with E-state index in [2.05, 4.69) is 15.7 Å². The predicted molar refractivity (Wildman–Crippen MR) is 93.3 cm³/mol. The highest BCUT2D eigenvalue weighted by Crippen LogP contribution is 2.29. The third kappa shape index (κ3) is 4.78. The van der Waals surface area contributed by atoms with Crippen molar-refractivity contribution in [2.75, 3.05) is 13.1 Å². The Balaban J connectivity index is 0.00000261. The molecule has 2 aromatic rings. The number of aromatic nitrogens is 2. The van der Waals surface area contributed by atoms with Crippen LogP contribution >= 0.6 is 12.4 Å². The Morgan fingerprint density at radius 3 is 2.56 bits per heavy atom. The summed E-state index contributed by atoms with van der Waals surface area (Å²) in [6.07, 6.45) is -3.97. The van der Waals surface area contributed by atoms with Gasteiger partial charge in [0, 0.05) is 31.6 Å². The Morgan fingerprint density at radius 1 is 1.30 bits per heavy atom. The van der Waals surface area contributed by atoms with E-state index < -0.39 is 17.8 Å². The molecule has 0 radical (unpaired) electrons. The zero-order valence-corrected chi connectivity index (χ0v) is 15.2. The minimum Gasteiger partial charge on any atom is -0.347 e. The quantitative estimate of drug-likeness (QED) is 0.771. The van der Waals surface area contributed by atoms with E-state index in [9.17, 15) is 22.4 Å². The molecule has 1 aliphatic rings. The molecule has 10 heteroatoms. The molecule has 1 saturated heterocycles. The van der Waals surface area contributed by atoms with Gasteiger partial charge >= 0.3 is 6.18 Å². The van der Waals surface area contributed by atoms with Crippen molar-refractivity contribution in [2.24, 2.45) is 7.05 Å². The second-order valence-corrected chi connectivity index (χ2v) is 6.27. The van der Waals surface area contributed by atoms with Crippen LogP contribution < -0.4 is 10.6 Å². The number of benzene rings is 1. The standard InChI is InChI=1S/C17H18F4N4O.ClH/c1-25-15(17(19,20)21)8-14(24-25)16(26)23-13-6-7-22-9-12(13)10-2-4-11(18)5-3-10;/h2-5,8,12-13,22H,6-7,9H2,1H3,(H,23,26);1H/t12-,13-;/m1./s1. The molecule has 5 nitrogen and oxygen atoms in total. The Morgan fingerprint density at radius 2 is 1.96 bits per heavy atom. The number of piperidine rings is 1. The molecule has 1 amide bonds. The molecule has 3 rings (SSSR count). The molecule has 0 aliphatic carbocycles. The summed E-state index contributed by atoms with van der Waals surface area (Å²) in [5.74, 6) is -1.12. The highest BCUT2D eigenvalue weighted by molar-refractivity contribution is 5.92. The van der Waals surface area contributed by atoms with E-state index in [4.69, 9.17) is 0 Å². The van der Waals surface area contributed by atoms with Gasteiger partial charge in [0.1, 0.15) is 11.5 Å². The number of halogens is 5. The maximum Gasteiger partial charge on any atom is 0.433 e. The topological polar surface area (TPSA) is 59.0 Å². The fourth-order valence-corrected chi connectivity index (χ4v) is 3.18. The summed E-state index contributed by atoms with van der Waals surface area (Å²) in [5, 5.41) is 9.66. The van der Waals surface area contributed by atoms with Gasteiger partial charge in [-0.2, -0.15) is 18.3 Å². The van der Waals surface area contributed by atoms with Crippen LogP contribution in [0.1, 0.15) is 34.1 Å². The molecule has 0 bridgehead atoms. The monoisotopic (exact) mass is 406 g/mol. The molecular formula is C17H19ClF4N4O. The molecule has 148 valence electrons. The average molecular weight is 407 g/mol. The number of alkyl halides is 3. The number of carbonyl (C=O) groups is 1. The number of amides is 1. The summed E-state index contributed by atoms with van der Waals surface area (Å²) in [6, 6.07) is 6.44. The first-order chi connectivity index (χ1) is 12.3. The smallest absolute Gasteiger partial charge is 0.347 e.